The molecule has 0 aliphatic rings. The van der Waals surface area contributed by atoms with Gasteiger partial charge in [-0.2, -0.15) is 0 Å². The Balaban J connectivity index is 3.47. The molecular weight excluding hydrogens is 909 g/mol. The lowest BCUT2D eigenvalue weighted by molar-refractivity contribution is -0.161. The second-order valence-electron chi connectivity index (χ2n) is 21.1. The van der Waals surface area contributed by atoms with Crippen molar-refractivity contribution in [2.24, 2.45) is 0 Å². The smallest absolute Gasteiger partial charge is 0.306 e. The third-order valence-corrected chi connectivity index (χ3v) is 13.9. The molecule has 0 fully saturated rings. The molecule has 0 aliphatic heterocycles. The number of allylic oxidation sites excluding steroid dienone is 16. The molecule has 74 heavy (non-hydrogen) atoms. The molecule has 0 aromatic carbocycles. The molecule has 0 aliphatic carbocycles. The summed E-state index contributed by atoms with van der Waals surface area (Å²) in [6.45, 7) is 4.04. The van der Waals surface area contributed by atoms with Crippen LogP contribution in [0.5, 0.6) is 0 Å². The Kier molecular flexibility index (Phi) is 61.4. The predicted octanol–water partition coefficient (Wildman–Crippen LogP) is 21.9. The van der Waals surface area contributed by atoms with Crippen LogP contribution >= 0.6 is 0 Å². The second kappa shape index (κ2) is 64.1. The van der Waals surface area contributed by atoms with E-state index in [1.54, 1.807) is 0 Å². The van der Waals surface area contributed by atoms with E-state index in [1.807, 2.05) is 0 Å². The molecule has 0 spiro atoms. The van der Waals surface area contributed by atoms with E-state index in [1.165, 1.54) is 199 Å². The van der Waals surface area contributed by atoms with Crippen molar-refractivity contribution < 1.29 is 24.2 Å². The van der Waals surface area contributed by atoms with Crippen LogP contribution in [0, 0.1) is 0 Å². The molecule has 0 aromatic rings. The molecule has 1 N–H and O–H groups in total. The average Bonchev–Trinajstić information content (AvgIpc) is 3.40. The van der Waals surface area contributed by atoms with E-state index in [-0.39, 0.29) is 25.2 Å². The van der Waals surface area contributed by atoms with Gasteiger partial charge < -0.3 is 14.6 Å². The monoisotopic (exact) mass is 1030 g/mol. The highest BCUT2D eigenvalue weighted by Crippen LogP contribution is 2.17. The van der Waals surface area contributed by atoms with Gasteiger partial charge in [0, 0.05) is 12.8 Å². The SMILES string of the molecule is CC/C=C\C/C=C\C/C=C\C/C=C\C/C=C\CCCCCCCCCCCCCCCCCC(=O)OC(CO)COC(=O)CCCCCCCCCCCCCCCC/C=C\C/C=C\C/C=C\CCCCCCC. The molecule has 0 radical (unpaired) electrons. The van der Waals surface area contributed by atoms with Gasteiger partial charge in [0.05, 0.1) is 6.61 Å². The van der Waals surface area contributed by atoms with Gasteiger partial charge in [0.25, 0.3) is 0 Å². The number of unbranched alkanes of at least 4 members (excludes halogenated alkanes) is 34. The Morgan fingerprint density at radius 2 is 0.581 bits per heavy atom. The lowest BCUT2D eigenvalue weighted by Gasteiger charge is -2.15. The fourth-order valence-corrected chi connectivity index (χ4v) is 9.12. The van der Waals surface area contributed by atoms with E-state index in [2.05, 4.69) is 111 Å². The van der Waals surface area contributed by atoms with Crippen LogP contribution in [0.15, 0.2) is 97.2 Å². The molecule has 0 rings (SSSR count). The van der Waals surface area contributed by atoms with E-state index in [0.717, 1.165) is 83.5 Å². The molecule has 1 atom stereocenters. The van der Waals surface area contributed by atoms with Gasteiger partial charge in [-0.15, -0.1) is 0 Å². The number of hydrogen-bond donors (Lipinski definition) is 1. The van der Waals surface area contributed by atoms with Gasteiger partial charge in [0.15, 0.2) is 6.10 Å². The second-order valence-corrected chi connectivity index (χ2v) is 21.1. The van der Waals surface area contributed by atoms with Crippen molar-refractivity contribution in [1.82, 2.24) is 0 Å². The highest BCUT2D eigenvalue weighted by Gasteiger charge is 2.16. The van der Waals surface area contributed by atoms with Gasteiger partial charge in [-0.1, -0.05) is 297 Å². The summed E-state index contributed by atoms with van der Waals surface area (Å²) < 4.78 is 10.7. The minimum atomic E-state index is -0.778. The number of rotatable bonds is 58. The summed E-state index contributed by atoms with van der Waals surface area (Å²) in [5.74, 6) is -0.584. The van der Waals surface area contributed by atoms with Crippen molar-refractivity contribution in [1.29, 1.82) is 0 Å². The van der Waals surface area contributed by atoms with Crippen LogP contribution in [0.3, 0.4) is 0 Å². The number of hydrogen-bond acceptors (Lipinski definition) is 5. The summed E-state index contributed by atoms with van der Waals surface area (Å²) >= 11 is 0. The molecule has 0 saturated carbocycles. The maximum Gasteiger partial charge on any atom is 0.306 e. The lowest BCUT2D eigenvalue weighted by atomic mass is 10.0. The van der Waals surface area contributed by atoms with E-state index < -0.39 is 6.10 Å². The first-order chi connectivity index (χ1) is 36.6. The summed E-state index contributed by atoms with van der Waals surface area (Å²) in [5, 5.41) is 9.69. The molecule has 0 heterocycles. The first kappa shape index (κ1) is 70.8. The molecular formula is C69H120O5. The van der Waals surface area contributed by atoms with E-state index >= 15 is 0 Å². The Morgan fingerprint density at radius 1 is 0.324 bits per heavy atom. The Hall–Kier alpha value is -3.18. The van der Waals surface area contributed by atoms with Gasteiger partial charge in [-0.05, 0) is 96.3 Å². The zero-order valence-electron chi connectivity index (χ0n) is 48.8. The van der Waals surface area contributed by atoms with Crippen molar-refractivity contribution in [2.75, 3.05) is 13.2 Å². The average molecular weight is 1030 g/mol. The summed E-state index contributed by atoms with van der Waals surface area (Å²) in [6, 6.07) is 0. The minimum absolute atomic E-state index is 0.0675. The van der Waals surface area contributed by atoms with Crippen molar-refractivity contribution in [3.05, 3.63) is 97.2 Å². The van der Waals surface area contributed by atoms with Crippen LogP contribution < -0.4 is 0 Å². The van der Waals surface area contributed by atoms with E-state index in [9.17, 15) is 14.7 Å². The molecule has 0 bridgehead atoms. The van der Waals surface area contributed by atoms with Crippen molar-refractivity contribution in [3.63, 3.8) is 0 Å². The van der Waals surface area contributed by atoms with Crippen molar-refractivity contribution in [2.45, 2.75) is 315 Å². The first-order valence-electron chi connectivity index (χ1n) is 31.8. The summed E-state index contributed by atoms with van der Waals surface area (Å²) in [5.41, 5.74) is 0. The Bertz CT molecular complexity index is 1400. The zero-order valence-corrected chi connectivity index (χ0v) is 48.8. The fourth-order valence-electron chi connectivity index (χ4n) is 9.12. The molecule has 1 unspecified atom stereocenters. The normalized spacial score (nSPS) is 12.9. The number of ether oxygens (including phenoxy) is 2. The molecule has 5 nitrogen and oxygen atoms in total. The number of aliphatic hydroxyl groups excluding tert-OH is 1. The largest absolute Gasteiger partial charge is 0.462 e. The molecule has 5 heteroatoms. The van der Waals surface area contributed by atoms with E-state index in [0.29, 0.717) is 12.8 Å². The molecule has 0 saturated heterocycles. The van der Waals surface area contributed by atoms with Crippen LogP contribution in [-0.2, 0) is 19.1 Å². The van der Waals surface area contributed by atoms with Crippen LogP contribution in [0.2, 0.25) is 0 Å². The number of aliphatic hydroxyl groups is 1. The summed E-state index contributed by atoms with van der Waals surface area (Å²) in [4.78, 5) is 24.6. The van der Waals surface area contributed by atoms with Crippen LogP contribution in [-0.4, -0.2) is 36.4 Å². The van der Waals surface area contributed by atoms with Crippen molar-refractivity contribution in [3.8, 4) is 0 Å². The van der Waals surface area contributed by atoms with Crippen molar-refractivity contribution >= 4 is 11.9 Å². The fraction of sp³-hybridized carbons (Fsp3) is 0.739. The predicted molar refractivity (Wildman–Crippen MR) is 325 cm³/mol. The van der Waals surface area contributed by atoms with Gasteiger partial charge >= 0.3 is 11.9 Å². The topological polar surface area (TPSA) is 72.8 Å². The zero-order chi connectivity index (χ0) is 53.4. The maximum absolute atomic E-state index is 12.3. The third-order valence-electron chi connectivity index (χ3n) is 13.9. The number of carbonyl (C=O) groups is 2. The Morgan fingerprint density at radius 3 is 0.878 bits per heavy atom. The standard InChI is InChI=1S/C69H120O5/c1-3-5-7-9-11-13-15-17-19-21-23-25-27-29-31-33-34-36-38-40-42-44-46-48-50-52-54-56-58-60-62-64-69(72)74-67(65-70)66-73-68(71)63-61-59-57-55-53-51-49-47-45-43-41-39-37-35-32-30-28-26-24-22-20-18-16-14-12-10-8-6-4-2/h5,7,11,13,16-19,22-25,28-31,67,70H,3-4,6,8-10,12,14-15,20-21,26-27,32-66H2,1-2H3/b7-5-,13-11-,18-16-,19-17-,24-22-,25-23-,30-28-,31-29-. The van der Waals surface area contributed by atoms with Gasteiger partial charge in [-0.3, -0.25) is 9.59 Å². The molecule has 426 valence electrons. The number of carbonyl (C=O) groups excluding carboxylic acids is 2. The quantitative estimate of drug-likeness (QED) is 0.0373. The third kappa shape index (κ3) is 61.4. The molecule has 0 aromatic heterocycles. The number of esters is 2. The highest BCUT2D eigenvalue weighted by atomic mass is 16.6. The van der Waals surface area contributed by atoms with Gasteiger partial charge in [0.2, 0.25) is 0 Å². The van der Waals surface area contributed by atoms with Crippen LogP contribution in [0.25, 0.3) is 0 Å². The minimum Gasteiger partial charge on any atom is -0.462 e. The highest BCUT2D eigenvalue weighted by molar-refractivity contribution is 5.70. The van der Waals surface area contributed by atoms with E-state index in [4.69, 9.17) is 9.47 Å². The van der Waals surface area contributed by atoms with Gasteiger partial charge in [-0.25, -0.2) is 0 Å². The molecule has 0 amide bonds. The lowest BCUT2D eigenvalue weighted by Crippen LogP contribution is -2.28. The maximum atomic E-state index is 12.3. The summed E-state index contributed by atoms with van der Waals surface area (Å²) in [6.07, 6.45) is 91.2. The first-order valence-corrected chi connectivity index (χ1v) is 31.8. The van der Waals surface area contributed by atoms with Crippen LogP contribution in [0.4, 0.5) is 0 Å². The summed E-state index contributed by atoms with van der Waals surface area (Å²) in [7, 11) is 0. The van der Waals surface area contributed by atoms with Crippen LogP contribution in [0.1, 0.15) is 309 Å². The van der Waals surface area contributed by atoms with Gasteiger partial charge in [0.1, 0.15) is 6.61 Å². The Labute approximate surface area is 459 Å².